The van der Waals surface area contributed by atoms with Crippen LogP contribution in [0.3, 0.4) is 0 Å². The van der Waals surface area contributed by atoms with Crippen molar-refractivity contribution < 1.29 is 37.0 Å². The smallest absolute Gasteiger partial charge is 0.449 e. The van der Waals surface area contributed by atoms with E-state index in [2.05, 4.69) is 4.98 Å². The van der Waals surface area contributed by atoms with E-state index in [4.69, 9.17) is 14.2 Å². The van der Waals surface area contributed by atoms with Gasteiger partial charge in [-0.1, -0.05) is 42.5 Å². The fourth-order valence-corrected chi connectivity index (χ4v) is 5.06. The van der Waals surface area contributed by atoms with Gasteiger partial charge in [0.05, 0.1) is 31.3 Å². The highest BCUT2D eigenvalue weighted by molar-refractivity contribution is 5.83. The standard InChI is InChI=1S/C29H26F3N3O5/c1-38-23-14-19-12-13-34(27(18-8-4-3-5-9-18)20(19)15-24(23)39-2)25(36)17-40-26(37)16-35-22-11-7-6-10-21(22)33-28(35)29(30,31)32/h3-11,14-15,27H,12-13,16-17H2,1-2H3/t27-/m1/s1. The molecule has 1 atom stereocenters. The van der Waals surface area contributed by atoms with Crippen LogP contribution in [0.4, 0.5) is 13.2 Å². The Morgan fingerprint density at radius 1 is 0.975 bits per heavy atom. The SMILES string of the molecule is COc1cc2c(cc1OC)[C@@H](c1ccccc1)N(C(=O)COC(=O)Cn1c(C(F)(F)F)nc3ccccc31)CC2. The summed E-state index contributed by atoms with van der Waals surface area (Å²) in [6.45, 7) is -1.04. The highest BCUT2D eigenvalue weighted by Gasteiger charge is 2.38. The Balaban J connectivity index is 1.38. The molecule has 5 rings (SSSR count). The van der Waals surface area contributed by atoms with Crippen molar-refractivity contribution in [2.45, 2.75) is 25.2 Å². The number of para-hydroxylation sites is 2. The number of esters is 1. The maximum absolute atomic E-state index is 13.6. The molecule has 4 aromatic rings. The van der Waals surface area contributed by atoms with Crippen LogP contribution in [0.2, 0.25) is 0 Å². The minimum atomic E-state index is -4.77. The molecule has 0 aliphatic carbocycles. The molecular formula is C29H26F3N3O5. The molecule has 1 aliphatic heterocycles. The average molecular weight is 554 g/mol. The quantitative estimate of drug-likeness (QED) is 0.306. The van der Waals surface area contributed by atoms with Crippen LogP contribution in [-0.2, 0) is 33.5 Å². The maximum Gasteiger partial charge on any atom is 0.449 e. The van der Waals surface area contributed by atoms with Crippen molar-refractivity contribution >= 4 is 22.9 Å². The molecule has 8 nitrogen and oxygen atoms in total. The molecule has 0 saturated carbocycles. The normalized spacial score (nSPS) is 15.0. The van der Waals surface area contributed by atoms with Crippen LogP contribution in [-0.4, -0.2) is 53.7 Å². The number of aromatic nitrogens is 2. The predicted molar refractivity (Wildman–Crippen MR) is 139 cm³/mol. The van der Waals surface area contributed by atoms with E-state index >= 15 is 0 Å². The minimum Gasteiger partial charge on any atom is -0.493 e. The molecule has 2 heterocycles. The first-order valence-corrected chi connectivity index (χ1v) is 12.5. The third-order valence-corrected chi connectivity index (χ3v) is 6.86. The van der Waals surface area contributed by atoms with Crippen LogP contribution in [0.15, 0.2) is 66.7 Å². The third-order valence-electron chi connectivity index (χ3n) is 6.86. The first-order chi connectivity index (χ1) is 19.2. The summed E-state index contributed by atoms with van der Waals surface area (Å²) in [6, 6.07) is 18.6. The van der Waals surface area contributed by atoms with Crippen molar-refractivity contribution in [1.82, 2.24) is 14.5 Å². The van der Waals surface area contributed by atoms with E-state index in [-0.39, 0.29) is 11.0 Å². The lowest BCUT2D eigenvalue weighted by Gasteiger charge is -2.38. The van der Waals surface area contributed by atoms with Crippen molar-refractivity contribution in [3.8, 4) is 11.5 Å². The number of ether oxygens (including phenoxy) is 3. The molecule has 0 spiro atoms. The van der Waals surface area contributed by atoms with Crippen LogP contribution >= 0.6 is 0 Å². The zero-order valence-corrected chi connectivity index (χ0v) is 21.8. The number of methoxy groups -OCH3 is 2. The predicted octanol–water partition coefficient (Wildman–Crippen LogP) is 4.79. The van der Waals surface area contributed by atoms with Gasteiger partial charge >= 0.3 is 12.1 Å². The number of alkyl halides is 3. The van der Waals surface area contributed by atoms with Crippen molar-refractivity contribution in [1.29, 1.82) is 0 Å². The number of fused-ring (bicyclic) bond motifs is 2. The highest BCUT2D eigenvalue weighted by Crippen LogP contribution is 2.41. The van der Waals surface area contributed by atoms with E-state index < -0.39 is 43.1 Å². The third kappa shape index (κ3) is 5.18. The van der Waals surface area contributed by atoms with Gasteiger partial charge in [0.1, 0.15) is 6.54 Å². The average Bonchev–Trinajstić information content (AvgIpc) is 3.33. The number of hydrogen-bond donors (Lipinski definition) is 0. The van der Waals surface area contributed by atoms with Crippen molar-refractivity contribution in [2.75, 3.05) is 27.4 Å². The summed E-state index contributed by atoms with van der Waals surface area (Å²) in [5.74, 6) is -1.59. The van der Waals surface area contributed by atoms with Gasteiger partial charge in [0.15, 0.2) is 18.1 Å². The van der Waals surface area contributed by atoms with E-state index in [9.17, 15) is 22.8 Å². The van der Waals surface area contributed by atoms with E-state index in [1.807, 2.05) is 42.5 Å². The second-order valence-electron chi connectivity index (χ2n) is 9.23. The number of imidazole rings is 1. The second kappa shape index (κ2) is 10.9. The first kappa shape index (κ1) is 27.0. The molecule has 11 heteroatoms. The van der Waals surface area contributed by atoms with Crippen LogP contribution in [0.5, 0.6) is 11.5 Å². The topological polar surface area (TPSA) is 82.9 Å². The lowest BCUT2D eigenvalue weighted by molar-refractivity contribution is -0.155. The highest BCUT2D eigenvalue weighted by atomic mass is 19.4. The molecule has 40 heavy (non-hydrogen) atoms. The Bertz CT molecular complexity index is 1550. The molecule has 1 amide bonds. The van der Waals surface area contributed by atoms with Gasteiger partial charge in [-0.05, 0) is 47.4 Å². The summed E-state index contributed by atoms with van der Waals surface area (Å²) >= 11 is 0. The number of rotatable bonds is 7. The number of hydrogen-bond acceptors (Lipinski definition) is 6. The van der Waals surface area contributed by atoms with E-state index in [1.54, 1.807) is 24.1 Å². The molecule has 0 unspecified atom stereocenters. The van der Waals surface area contributed by atoms with Crippen LogP contribution < -0.4 is 9.47 Å². The van der Waals surface area contributed by atoms with E-state index in [0.29, 0.717) is 24.5 Å². The van der Waals surface area contributed by atoms with Gasteiger partial charge in [0.2, 0.25) is 5.82 Å². The Labute approximate surface area is 227 Å². The summed E-state index contributed by atoms with van der Waals surface area (Å²) < 4.78 is 57.7. The molecule has 1 aromatic heterocycles. The monoisotopic (exact) mass is 553 g/mol. The first-order valence-electron chi connectivity index (χ1n) is 12.5. The van der Waals surface area contributed by atoms with E-state index in [1.165, 1.54) is 19.2 Å². The molecule has 0 N–H and O–H groups in total. The van der Waals surface area contributed by atoms with Gasteiger partial charge < -0.3 is 23.7 Å². The fourth-order valence-electron chi connectivity index (χ4n) is 5.06. The summed E-state index contributed by atoms with van der Waals surface area (Å²) in [7, 11) is 3.08. The zero-order valence-electron chi connectivity index (χ0n) is 21.8. The lowest BCUT2D eigenvalue weighted by Crippen LogP contribution is -2.42. The van der Waals surface area contributed by atoms with Gasteiger partial charge in [-0.25, -0.2) is 4.98 Å². The van der Waals surface area contributed by atoms with Crippen molar-refractivity contribution in [3.63, 3.8) is 0 Å². The molecule has 1 aliphatic rings. The van der Waals surface area contributed by atoms with Gasteiger partial charge in [-0.15, -0.1) is 0 Å². The molecule has 0 bridgehead atoms. The molecule has 0 radical (unpaired) electrons. The Hall–Kier alpha value is -4.54. The minimum absolute atomic E-state index is 0.100. The number of carbonyl (C=O) groups is 2. The number of benzene rings is 3. The van der Waals surface area contributed by atoms with Gasteiger partial charge in [0.25, 0.3) is 5.91 Å². The fraction of sp³-hybridized carbons (Fsp3) is 0.276. The summed E-state index contributed by atoms with van der Waals surface area (Å²) in [5.41, 5.74) is 2.91. The molecular weight excluding hydrogens is 527 g/mol. The number of amides is 1. The van der Waals surface area contributed by atoms with Crippen LogP contribution in [0.1, 0.15) is 28.6 Å². The van der Waals surface area contributed by atoms with Gasteiger partial charge in [-0.2, -0.15) is 13.2 Å². The molecule has 3 aromatic carbocycles. The lowest BCUT2D eigenvalue weighted by atomic mass is 9.87. The van der Waals surface area contributed by atoms with Gasteiger partial charge in [-0.3, -0.25) is 9.59 Å². The van der Waals surface area contributed by atoms with E-state index in [0.717, 1.165) is 21.3 Å². The Kier molecular flexibility index (Phi) is 7.38. The van der Waals surface area contributed by atoms with Gasteiger partial charge in [0, 0.05) is 6.54 Å². The summed E-state index contributed by atoms with van der Waals surface area (Å²) in [6.07, 6.45) is -4.25. The Morgan fingerprint density at radius 3 is 2.35 bits per heavy atom. The Morgan fingerprint density at radius 2 is 1.65 bits per heavy atom. The molecule has 208 valence electrons. The number of halogens is 3. The number of nitrogens with zero attached hydrogens (tertiary/aromatic N) is 3. The van der Waals surface area contributed by atoms with Crippen LogP contribution in [0, 0.1) is 0 Å². The van der Waals surface area contributed by atoms with Crippen molar-refractivity contribution in [3.05, 3.63) is 89.2 Å². The molecule has 0 fully saturated rings. The maximum atomic E-state index is 13.6. The summed E-state index contributed by atoms with van der Waals surface area (Å²) in [4.78, 5) is 31.3. The largest absolute Gasteiger partial charge is 0.493 e. The van der Waals surface area contributed by atoms with Crippen molar-refractivity contribution in [2.24, 2.45) is 0 Å². The second-order valence-corrected chi connectivity index (χ2v) is 9.23. The summed E-state index contributed by atoms with van der Waals surface area (Å²) in [5, 5.41) is 0. The molecule has 0 saturated heterocycles. The van der Waals surface area contributed by atoms with Crippen LogP contribution in [0.25, 0.3) is 11.0 Å². The zero-order chi connectivity index (χ0) is 28.4. The number of carbonyl (C=O) groups excluding carboxylic acids is 2.